The quantitative estimate of drug-likeness (QED) is 0.145. The third kappa shape index (κ3) is 6.45. The maximum atomic E-state index is 13.9. The predicted octanol–water partition coefficient (Wildman–Crippen LogP) is 9.51. The van der Waals surface area contributed by atoms with E-state index in [2.05, 4.69) is 9.71 Å². The normalized spacial score (nSPS) is 11.8. The highest BCUT2D eigenvalue weighted by molar-refractivity contribution is 7.90. The van der Waals surface area contributed by atoms with E-state index in [4.69, 9.17) is 28.2 Å². The van der Waals surface area contributed by atoms with E-state index in [0.29, 0.717) is 32.9 Å². The first-order chi connectivity index (χ1) is 21.3. The molecule has 0 radical (unpaired) electrons. The van der Waals surface area contributed by atoms with Gasteiger partial charge in [0.05, 0.1) is 16.3 Å². The Bertz CT molecular complexity index is 2070. The first kappa shape index (κ1) is 29.4. The molecular weight excluding hydrogens is 611 g/mol. The fraction of sp³-hybridized carbons (Fsp3) is 0.0286. The van der Waals surface area contributed by atoms with Gasteiger partial charge in [0.1, 0.15) is 5.82 Å². The van der Waals surface area contributed by atoms with Crippen molar-refractivity contribution in [1.82, 2.24) is 4.98 Å². The summed E-state index contributed by atoms with van der Waals surface area (Å²) in [5.41, 5.74) is 3.73. The molecule has 0 unspecified atom stereocenters. The number of hydrogen-bond acceptors (Lipinski definition) is 3. The van der Waals surface area contributed by atoms with Crippen molar-refractivity contribution in [2.75, 3.05) is 10.2 Å². The van der Waals surface area contributed by atoms with E-state index < -0.39 is 10.0 Å². The number of nitrogens with zero attached hydrogens (tertiary/aromatic N) is 3. The summed E-state index contributed by atoms with van der Waals surface area (Å²) in [4.78, 5) is 6.88. The molecule has 1 aromatic heterocycles. The topological polar surface area (TPSA) is 74.7 Å². The number of sulfonamides is 1. The van der Waals surface area contributed by atoms with Gasteiger partial charge in [0.25, 0.3) is 10.0 Å². The minimum absolute atomic E-state index is 0.0121. The van der Waals surface area contributed by atoms with Crippen molar-refractivity contribution in [3.8, 4) is 11.3 Å². The zero-order valence-corrected chi connectivity index (χ0v) is 25.9. The van der Waals surface area contributed by atoms with Gasteiger partial charge < -0.3 is 5.32 Å². The molecule has 0 amide bonds. The first-order valence-corrected chi connectivity index (χ1v) is 15.9. The highest BCUT2D eigenvalue weighted by atomic mass is 35.5. The molecule has 218 valence electrons. The van der Waals surface area contributed by atoms with E-state index >= 15 is 0 Å². The number of halogens is 2. The molecule has 0 aliphatic heterocycles. The largest absolute Gasteiger partial charge is 0.325 e. The fourth-order valence-electron chi connectivity index (χ4n) is 4.70. The third-order valence-corrected chi connectivity index (χ3v) is 8.71. The van der Waals surface area contributed by atoms with Crippen molar-refractivity contribution in [3.05, 3.63) is 149 Å². The van der Waals surface area contributed by atoms with Gasteiger partial charge in [0.15, 0.2) is 0 Å². The second-order valence-electron chi connectivity index (χ2n) is 10.1. The maximum Gasteiger partial charge on any atom is 0.285 e. The van der Waals surface area contributed by atoms with E-state index in [1.165, 1.54) is 0 Å². The summed E-state index contributed by atoms with van der Waals surface area (Å²) in [6.45, 7) is 1.89. The highest BCUT2D eigenvalue weighted by Crippen LogP contribution is 2.35. The molecule has 1 heterocycles. The molecule has 6 rings (SSSR count). The summed E-state index contributed by atoms with van der Waals surface area (Å²) in [5.74, 6) is 0.488. The lowest BCUT2D eigenvalue weighted by molar-refractivity contribution is 0.598. The van der Waals surface area contributed by atoms with Gasteiger partial charge in [-0.1, -0.05) is 95.5 Å². The van der Waals surface area contributed by atoms with E-state index in [-0.39, 0.29) is 10.9 Å². The lowest BCUT2D eigenvalue weighted by Gasteiger charge is -2.28. The van der Waals surface area contributed by atoms with Crippen molar-refractivity contribution in [2.24, 2.45) is 4.40 Å². The average molecular weight is 638 g/mol. The van der Waals surface area contributed by atoms with Crippen molar-refractivity contribution in [3.63, 3.8) is 0 Å². The number of rotatable bonds is 6. The molecule has 0 saturated carbocycles. The van der Waals surface area contributed by atoms with Crippen LogP contribution in [-0.2, 0) is 10.0 Å². The van der Waals surface area contributed by atoms with E-state index in [9.17, 15) is 8.42 Å². The number of hydrogen-bond donors (Lipinski definition) is 1. The van der Waals surface area contributed by atoms with Gasteiger partial charge in [0.2, 0.25) is 5.96 Å². The summed E-state index contributed by atoms with van der Waals surface area (Å²) in [7, 11) is -4.19. The van der Waals surface area contributed by atoms with Gasteiger partial charge in [-0.25, -0.2) is 4.98 Å². The Morgan fingerprint density at radius 3 is 2.05 bits per heavy atom. The van der Waals surface area contributed by atoms with Crippen LogP contribution in [0.25, 0.3) is 22.0 Å². The van der Waals surface area contributed by atoms with Crippen LogP contribution < -0.4 is 10.2 Å². The van der Waals surface area contributed by atoms with Gasteiger partial charge in [-0.05, 0) is 79.0 Å². The van der Waals surface area contributed by atoms with Crippen LogP contribution in [0.1, 0.15) is 5.56 Å². The number of benzene rings is 5. The molecule has 0 fully saturated rings. The van der Waals surface area contributed by atoms with Crippen LogP contribution in [0.2, 0.25) is 10.0 Å². The van der Waals surface area contributed by atoms with Gasteiger partial charge in [-0.3, -0.25) is 4.90 Å². The van der Waals surface area contributed by atoms with Gasteiger partial charge in [-0.2, -0.15) is 8.42 Å². The second-order valence-corrected chi connectivity index (χ2v) is 12.5. The smallest absolute Gasteiger partial charge is 0.285 e. The van der Waals surface area contributed by atoms with Crippen LogP contribution >= 0.6 is 23.2 Å². The maximum absolute atomic E-state index is 13.9. The van der Waals surface area contributed by atoms with Crippen molar-refractivity contribution in [1.29, 1.82) is 0 Å². The van der Waals surface area contributed by atoms with E-state index in [1.54, 1.807) is 77.7 Å². The minimum Gasteiger partial charge on any atom is -0.325 e. The Morgan fingerprint density at radius 1 is 0.750 bits per heavy atom. The minimum atomic E-state index is -4.19. The molecule has 0 atom stereocenters. The highest BCUT2D eigenvalue weighted by Gasteiger charge is 2.25. The SMILES string of the molecule is Cc1ccc(S(=O)(=O)/N=C(\Nc2ccc(Cl)cc2)N(c2ccc(Cl)cc2)c2nc(-c3ccccc3)cc3ccccc23)cc1. The molecule has 6 aromatic rings. The molecule has 1 N–H and O–H groups in total. The average Bonchev–Trinajstić information content (AvgIpc) is 3.03. The standard InChI is InChI=1S/C35H26Cl2N4O2S/c1-24-11-21-31(22-12-24)44(42,43)40-35(38-29-17-13-27(36)14-18-29)41(30-19-15-28(37)16-20-30)34-32-10-6-5-9-26(32)23-33(39-34)25-7-3-2-4-8-25/h2-23H,1H3,(H,38,40). The summed E-state index contributed by atoms with van der Waals surface area (Å²) in [5, 5.41) is 6.02. The predicted molar refractivity (Wildman–Crippen MR) is 182 cm³/mol. The lowest BCUT2D eigenvalue weighted by atomic mass is 10.1. The number of fused-ring (bicyclic) bond motifs is 1. The Kier molecular flexibility index (Phi) is 8.35. The second kappa shape index (κ2) is 12.5. The van der Waals surface area contributed by atoms with Crippen molar-refractivity contribution >= 4 is 67.1 Å². The van der Waals surface area contributed by atoms with Crippen molar-refractivity contribution < 1.29 is 8.42 Å². The summed E-state index contributed by atoms with van der Waals surface area (Å²) < 4.78 is 32.1. The summed E-state index contributed by atoms with van der Waals surface area (Å²) in [6, 6.07) is 40.2. The van der Waals surface area contributed by atoms with Crippen LogP contribution in [0.3, 0.4) is 0 Å². The molecule has 0 aliphatic rings. The number of nitrogens with one attached hydrogen (secondary N) is 1. The Labute approximate surface area is 266 Å². The lowest BCUT2D eigenvalue weighted by Crippen LogP contribution is -2.34. The Hall–Kier alpha value is -4.69. The van der Waals surface area contributed by atoms with E-state index in [1.807, 2.05) is 67.6 Å². The molecular formula is C35H26Cl2N4O2S. The number of pyridine rings is 1. The molecule has 44 heavy (non-hydrogen) atoms. The molecule has 0 aliphatic carbocycles. The summed E-state index contributed by atoms with van der Waals surface area (Å²) in [6.07, 6.45) is 0. The van der Waals surface area contributed by atoms with Crippen LogP contribution in [0.15, 0.2) is 143 Å². The van der Waals surface area contributed by atoms with Crippen LogP contribution in [-0.4, -0.2) is 19.4 Å². The van der Waals surface area contributed by atoms with Gasteiger partial charge >= 0.3 is 0 Å². The monoisotopic (exact) mass is 636 g/mol. The van der Waals surface area contributed by atoms with Crippen molar-refractivity contribution in [2.45, 2.75) is 11.8 Å². The Balaban J connectivity index is 1.64. The van der Waals surface area contributed by atoms with E-state index in [0.717, 1.165) is 21.9 Å². The fourth-order valence-corrected chi connectivity index (χ4v) is 5.89. The molecule has 6 nitrogen and oxygen atoms in total. The Morgan fingerprint density at radius 2 is 1.36 bits per heavy atom. The zero-order chi connectivity index (χ0) is 30.7. The van der Waals surface area contributed by atoms with Gasteiger partial charge in [0, 0.05) is 26.7 Å². The molecule has 5 aromatic carbocycles. The van der Waals surface area contributed by atoms with Crippen LogP contribution in [0.5, 0.6) is 0 Å². The number of aromatic nitrogens is 1. The van der Waals surface area contributed by atoms with Crippen LogP contribution in [0, 0.1) is 6.92 Å². The number of aryl methyl sites for hydroxylation is 1. The molecule has 0 saturated heterocycles. The third-order valence-electron chi connectivity index (χ3n) is 6.92. The van der Waals surface area contributed by atoms with Crippen LogP contribution in [0.4, 0.5) is 17.2 Å². The first-order valence-electron chi connectivity index (χ1n) is 13.7. The summed E-state index contributed by atoms with van der Waals surface area (Å²) >= 11 is 12.5. The molecule has 9 heteroatoms. The molecule has 0 bridgehead atoms. The number of anilines is 3. The zero-order valence-electron chi connectivity index (χ0n) is 23.5. The molecule has 0 spiro atoms. The number of guanidine groups is 1. The van der Waals surface area contributed by atoms with Gasteiger partial charge in [-0.15, -0.1) is 4.40 Å².